The first-order valence-corrected chi connectivity index (χ1v) is 7.32. The van der Waals surface area contributed by atoms with Crippen molar-refractivity contribution in [3.05, 3.63) is 15.6 Å². The van der Waals surface area contributed by atoms with Crippen LogP contribution in [0.2, 0.25) is 0 Å². The quantitative estimate of drug-likeness (QED) is 0.747. The van der Waals surface area contributed by atoms with Gasteiger partial charge in [0.25, 0.3) is 0 Å². The third-order valence-electron chi connectivity index (χ3n) is 2.37. The number of aryl methyl sites for hydroxylation is 2. The fraction of sp³-hybridized carbons (Fsp3) is 0.727. The summed E-state index contributed by atoms with van der Waals surface area (Å²) in [5.41, 5.74) is 1.19. The van der Waals surface area contributed by atoms with E-state index in [1.807, 2.05) is 11.3 Å². The molecule has 0 aliphatic heterocycles. The normalized spacial score (nSPS) is 11.3. The zero-order valence-corrected chi connectivity index (χ0v) is 12.1. The molecule has 0 saturated carbocycles. The van der Waals surface area contributed by atoms with Crippen molar-refractivity contribution in [2.75, 3.05) is 18.4 Å². The van der Waals surface area contributed by atoms with Crippen molar-refractivity contribution in [2.45, 2.75) is 33.7 Å². The first-order chi connectivity index (χ1) is 7.17. The standard InChI is InChI=1S/C11H19BrN2S/c1-4-6-14(7-5-12)8-11-13-9(2)10(3)15-11/h4-8H2,1-3H3. The van der Waals surface area contributed by atoms with Gasteiger partial charge in [0.1, 0.15) is 5.01 Å². The summed E-state index contributed by atoms with van der Waals surface area (Å²) in [5, 5.41) is 2.29. The Bertz CT molecular complexity index is 273. The van der Waals surface area contributed by atoms with Gasteiger partial charge in [-0.15, -0.1) is 11.3 Å². The number of rotatable bonds is 6. The molecular formula is C11H19BrN2S. The van der Waals surface area contributed by atoms with E-state index in [-0.39, 0.29) is 0 Å². The molecule has 0 N–H and O–H groups in total. The highest BCUT2D eigenvalue weighted by molar-refractivity contribution is 9.09. The van der Waals surface area contributed by atoms with Crippen LogP contribution in [0, 0.1) is 13.8 Å². The molecule has 1 aromatic rings. The number of thiazole rings is 1. The second-order valence-corrected chi connectivity index (χ2v) is 5.80. The topological polar surface area (TPSA) is 16.1 Å². The second kappa shape index (κ2) is 6.61. The van der Waals surface area contributed by atoms with Gasteiger partial charge in [-0.25, -0.2) is 4.98 Å². The molecule has 0 bridgehead atoms. The van der Waals surface area contributed by atoms with Crippen molar-refractivity contribution in [3.63, 3.8) is 0 Å². The fourth-order valence-electron chi connectivity index (χ4n) is 1.50. The molecule has 0 radical (unpaired) electrons. The molecule has 1 rings (SSSR count). The van der Waals surface area contributed by atoms with Gasteiger partial charge in [-0.2, -0.15) is 0 Å². The minimum atomic E-state index is 0.999. The average Bonchev–Trinajstić information content (AvgIpc) is 2.47. The Morgan fingerprint density at radius 1 is 1.33 bits per heavy atom. The largest absolute Gasteiger partial charge is 0.296 e. The molecule has 2 nitrogen and oxygen atoms in total. The van der Waals surface area contributed by atoms with E-state index in [1.54, 1.807) is 0 Å². The van der Waals surface area contributed by atoms with Gasteiger partial charge in [-0.3, -0.25) is 4.90 Å². The fourth-order valence-corrected chi connectivity index (χ4v) is 2.98. The summed E-state index contributed by atoms with van der Waals surface area (Å²) in [5.74, 6) is 0. The zero-order valence-electron chi connectivity index (χ0n) is 9.72. The molecule has 1 heterocycles. The van der Waals surface area contributed by atoms with E-state index < -0.39 is 0 Å². The number of nitrogens with zero attached hydrogens (tertiary/aromatic N) is 2. The SMILES string of the molecule is CCCN(CCBr)Cc1nc(C)c(C)s1. The summed E-state index contributed by atoms with van der Waals surface area (Å²) in [7, 11) is 0. The summed E-state index contributed by atoms with van der Waals surface area (Å²) >= 11 is 5.32. The van der Waals surface area contributed by atoms with E-state index in [9.17, 15) is 0 Å². The van der Waals surface area contributed by atoms with Crippen LogP contribution in [0.1, 0.15) is 28.9 Å². The lowest BCUT2D eigenvalue weighted by atomic mass is 10.4. The maximum Gasteiger partial charge on any atom is 0.107 e. The molecule has 0 fully saturated rings. The lowest BCUT2D eigenvalue weighted by Gasteiger charge is -2.18. The first-order valence-electron chi connectivity index (χ1n) is 5.38. The van der Waals surface area contributed by atoms with E-state index >= 15 is 0 Å². The van der Waals surface area contributed by atoms with E-state index in [1.165, 1.54) is 22.0 Å². The molecule has 0 saturated heterocycles. The molecular weight excluding hydrogens is 272 g/mol. The Morgan fingerprint density at radius 2 is 2.07 bits per heavy atom. The van der Waals surface area contributed by atoms with E-state index in [0.29, 0.717) is 0 Å². The van der Waals surface area contributed by atoms with Gasteiger partial charge >= 0.3 is 0 Å². The molecule has 86 valence electrons. The Morgan fingerprint density at radius 3 is 2.53 bits per heavy atom. The molecule has 0 spiro atoms. The van der Waals surface area contributed by atoms with Crippen LogP contribution in [-0.4, -0.2) is 28.3 Å². The van der Waals surface area contributed by atoms with Gasteiger partial charge in [-0.1, -0.05) is 22.9 Å². The van der Waals surface area contributed by atoms with Crippen LogP contribution in [0.5, 0.6) is 0 Å². The van der Waals surface area contributed by atoms with Crippen LogP contribution < -0.4 is 0 Å². The third-order valence-corrected chi connectivity index (χ3v) is 3.78. The Hall–Kier alpha value is 0.0700. The van der Waals surface area contributed by atoms with Crippen molar-refractivity contribution < 1.29 is 0 Å². The Labute approximate surface area is 105 Å². The van der Waals surface area contributed by atoms with Gasteiger partial charge < -0.3 is 0 Å². The summed E-state index contributed by atoms with van der Waals surface area (Å²) < 4.78 is 0. The molecule has 1 aromatic heterocycles. The highest BCUT2D eigenvalue weighted by atomic mass is 79.9. The molecule has 0 aliphatic rings. The molecule has 15 heavy (non-hydrogen) atoms. The average molecular weight is 291 g/mol. The Balaban J connectivity index is 2.56. The van der Waals surface area contributed by atoms with Gasteiger partial charge in [0.2, 0.25) is 0 Å². The molecule has 0 aromatic carbocycles. The monoisotopic (exact) mass is 290 g/mol. The minimum absolute atomic E-state index is 0.999. The minimum Gasteiger partial charge on any atom is -0.296 e. The van der Waals surface area contributed by atoms with Crippen LogP contribution >= 0.6 is 27.3 Å². The molecule has 4 heteroatoms. The predicted octanol–water partition coefficient (Wildman–Crippen LogP) is 3.37. The van der Waals surface area contributed by atoms with Crippen LogP contribution in [0.4, 0.5) is 0 Å². The highest BCUT2D eigenvalue weighted by Crippen LogP contribution is 2.18. The maximum atomic E-state index is 4.58. The number of alkyl halides is 1. The lowest BCUT2D eigenvalue weighted by Crippen LogP contribution is -2.26. The molecule has 0 amide bonds. The maximum absolute atomic E-state index is 4.58. The Kier molecular flexibility index (Phi) is 5.79. The number of hydrogen-bond donors (Lipinski definition) is 0. The third kappa shape index (κ3) is 4.21. The van der Waals surface area contributed by atoms with Crippen LogP contribution in [0.15, 0.2) is 0 Å². The first kappa shape index (κ1) is 13.1. The van der Waals surface area contributed by atoms with E-state index in [4.69, 9.17) is 0 Å². The van der Waals surface area contributed by atoms with E-state index in [2.05, 4.69) is 46.6 Å². The van der Waals surface area contributed by atoms with Crippen molar-refractivity contribution in [1.82, 2.24) is 9.88 Å². The van der Waals surface area contributed by atoms with E-state index in [0.717, 1.165) is 25.0 Å². The zero-order chi connectivity index (χ0) is 11.3. The number of halogens is 1. The van der Waals surface area contributed by atoms with Crippen LogP contribution in [-0.2, 0) is 6.54 Å². The van der Waals surface area contributed by atoms with Crippen molar-refractivity contribution in [1.29, 1.82) is 0 Å². The van der Waals surface area contributed by atoms with Gasteiger partial charge in [0, 0.05) is 16.8 Å². The van der Waals surface area contributed by atoms with Crippen LogP contribution in [0.25, 0.3) is 0 Å². The van der Waals surface area contributed by atoms with Crippen molar-refractivity contribution in [2.24, 2.45) is 0 Å². The predicted molar refractivity (Wildman–Crippen MR) is 71.0 cm³/mol. The second-order valence-electron chi connectivity index (χ2n) is 3.71. The number of aromatic nitrogens is 1. The summed E-state index contributed by atoms with van der Waals surface area (Å²) in [6.07, 6.45) is 1.20. The van der Waals surface area contributed by atoms with Crippen molar-refractivity contribution in [3.8, 4) is 0 Å². The van der Waals surface area contributed by atoms with Gasteiger partial charge in [-0.05, 0) is 26.8 Å². The number of hydrogen-bond acceptors (Lipinski definition) is 3. The molecule has 0 unspecified atom stereocenters. The van der Waals surface area contributed by atoms with Crippen molar-refractivity contribution >= 4 is 27.3 Å². The van der Waals surface area contributed by atoms with Gasteiger partial charge in [0.15, 0.2) is 0 Å². The lowest BCUT2D eigenvalue weighted by molar-refractivity contribution is 0.283. The highest BCUT2D eigenvalue weighted by Gasteiger charge is 2.08. The summed E-state index contributed by atoms with van der Waals surface area (Å²) in [4.78, 5) is 8.37. The van der Waals surface area contributed by atoms with Gasteiger partial charge in [0.05, 0.1) is 12.2 Å². The molecule has 0 atom stereocenters. The summed E-state index contributed by atoms with van der Waals surface area (Å²) in [6, 6.07) is 0. The van der Waals surface area contributed by atoms with Crippen LogP contribution in [0.3, 0.4) is 0 Å². The molecule has 0 aliphatic carbocycles. The summed E-state index contributed by atoms with van der Waals surface area (Å²) in [6.45, 7) is 9.71. The smallest absolute Gasteiger partial charge is 0.107 e.